The Balaban J connectivity index is 2.15. The molecule has 6 heteroatoms. The summed E-state index contributed by atoms with van der Waals surface area (Å²) >= 11 is 0. The molecule has 0 saturated carbocycles. The molecule has 0 aliphatic heterocycles. The van der Waals surface area contributed by atoms with Crippen molar-refractivity contribution in [1.29, 1.82) is 0 Å². The zero-order valence-electron chi connectivity index (χ0n) is 13.6. The maximum absolute atomic E-state index is 13.5. The minimum atomic E-state index is -0.379. The van der Waals surface area contributed by atoms with E-state index in [-0.39, 0.29) is 17.6 Å². The number of hydrogen-bond donors (Lipinski definition) is 2. The Kier molecular flexibility index (Phi) is 5.89. The Morgan fingerprint density at radius 2 is 1.83 bits per heavy atom. The van der Waals surface area contributed by atoms with Crippen LogP contribution in [0, 0.1) is 5.82 Å². The van der Waals surface area contributed by atoms with Crippen molar-refractivity contribution >= 4 is 11.8 Å². The van der Waals surface area contributed by atoms with Crippen LogP contribution in [-0.4, -0.2) is 32.0 Å². The molecule has 5 nitrogen and oxygen atoms in total. The van der Waals surface area contributed by atoms with E-state index in [4.69, 9.17) is 4.74 Å². The standard InChI is InChI=1S/C18H19FN2O3/c1-12(22)20-8-9-21-18(23)14-5-3-4-13(10-14)16-11-15(19)6-7-17(16)24-2/h3-7,10-11H,8-9H2,1-2H3,(H,20,22)(H,21,23). The number of rotatable bonds is 6. The molecular formula is C18H19FN2O3. The second-order valence-electron chi connectivity index (χ2n) is 5.16. The number of halogens is 1. The van der Waals surface area contributed by atoms with Gasteiger partial charge in [-0.05, 0) is 35.9 Å². The molecule has 2 aromatic rings. The minimum absolute atomic E-state index is 0.149. The van der Waals surface area contributed by atoms with Gasteiger partial charge < -0.3 is 15.4 Å². The smallest absolute Gasteiger partial charge is 0.251 e. The van der Waals surface area contributed by atoms with Crippen molar-refractivity contribution in [1.82, 2.24) is 10.6 Å². The minimum Gasteiger partial charge on any atom is -0.496 e. The topological polar surface area (TPSA) is 67.4 Å². The summed E-state index contributed by atoms with van der Waals surface area (Å²) in [6.45, 7) is 2.10. The number of carbonyl (C=O) groups excluding carboxylic acids is 2. The van der Waals surface area contributed by atoms with E-state index in [1.165, 1.54) is 26.2 Å². The van der Waals surface area contributed by atoms with Crippen molar-refractivity contribution in [2.24, 2.45) is 0 Å². The SMILES string of the molecule is COc1ccc(F)cc1-c1cccc(C(=O)NCCNC(C)=O)c1. The largest absolute Gasteiger partial charge is 0.496 e. The van der Waals surface area contributed by atoms with Gasteiger partial charge in [0.25, 0.3) is 5.91 Å². The number of benzene rings is 2. The maximum Gasteiger partial charge on any atom is 0.251 e. The van der Waals surface area contributed by atoms with E-state index in [1.807, 2.05) is 0 Å². The van der Waals surface area contributed by atoms with Crippen molar-refractivity contribution in [2.45, 2.75) is 6.92 Å². The molecular weight excluding hydrogens is 311 g/mol. The Morgan fingerprint density at radius 3 is 2.54 bits per heavy atom. The highest BCUT2D eigenvalue weighted by Crippen LogP contribution is 2.31. The number of carbonyl (C=O) groups is 2. The summed E-state index contributed by atoms with van der Waals surface area (Å²) in [5.41, 5.74) is 1.70. The van der Waals surface area contributed by atoms with E-state index in [2.05, 4.69) is 10.6 Å². The van der Waals surface area contributed by atoms with Gasteiger partial charge in [0.15, 0.2) is 0 Å². The number of methoxy groups -OCH3 is 1. The fourth-order valence-electron chi connectivity index (χ4n) is 2.25. The van der Waals surface area contributed by atoms with Crippen LogP contribution in [0.1, 0.15) is 17.3 Å². The van der Waals surface area contributed by atoms with Gasteiger partial charge in [0.2, 0.25) is 5.91 Å². The zero-order chi connectivity index (χ0) is 17.5. The second kappa shape index (κ2) is 8.10. The highest BCUT2D eigenvalue weighted by molar-refractivity contribution is 5.95. The summed E-state index contributed by atoms with van der Waals surface area (Å²) < 4.78 is 18.8. The van der Waals surface area contributed by atoms with Gasteiger partial charge >= 0.3 is 0 Å². The third-order valence-corrected chi connectivity index (χ3v) is 3.38. The van der Waals surface area contributed by atoms with E-state index < -0.39 is 0 Å². The van der Waals surface area contributed by atoms with E-state index in [9.17, 15) is 14.0 Å². The molecule has 0 aromatic heterocycles. The molecule has 126 valence electrons. The summed E-state index contributed by atoms with van der Waals surface area (Å²) in [7, 11) is 1.51. The van der Waals surface area contributed by atoms with E-state index in [0.717, 1.165) is 0 Å². The van der Waals surface area contributed by atoms with E-state index in [0.29, 0.717) is 35.5 Å². The van der Waals surface area contributed by atoms with Crippen LogP contribution >= 0.6 is 0 Å². The summed E-state index contributed by atoms with van der Waals surface area (Å²) in [6.07, 6.45) is 0. The van der Waals surface area contributed by atoms with Crippen LogP contribution in [-0.2, 0) is 4.79 Å². The van der Waals surface area contributed by atoms with Crippen LogP contribution in [0.3, 0.4) is 0 Å². The van der Waals surface area contributed by atoms with Gasteiger partial charge in [-0.15, -0.1) is 0 Å². The lowest BCUT2D eigenvalue weighted by Crippen LogP contribution is -2.33. The summed E-state index contributed by atoms with van der Waals surface area (Å²) in [4.78, 5) is 22.9. The number of ether oxygens (including phenoxy) is 1. The lowest BCUT2D eigenvalue weighted by molar-refractivity contribution is -0.118. The van der Waals surface area contributed by atoms with Gasteiger partial charge in [-0.3, -0.25) is 9.59 Å². The first-order valence-electron chi connectivity index (χ1n) is 7.48. The normalized spacial score (nSPS) is 10.1. The molecule has 0 saturated heterocycles. The quantitative estimate of drug-likeness (QED) is 0.799. The molecule has 0 aliphatic rings. The predicted molar refractivity (Wildman–Crippen MR) is 89.4 cm³/mol. The van der Waals surface area contributed by atoms with Crippen molar-refractivity contribution in [3.8, 4) is 16.9 Å². The lowest BCUT2D eigenvalue weighted by Gasteiger charge is -2.11. The van der Waals surface area contributed by atoms with E-state index in [1.54, 1.807) is 30.3 Å². The fourth-order valence-corrected chi connectivity index (χ4v) is 2.25. The third kappa shape index (κ3) is 4.55. The van der Waals surface area contributed by atoms with Gasteiger partial charge in [0.05, 0.1) is 7.11 Å². The first kappa shape index (κ1) is 17.5. The molecule has 2 rings (SSSR count). The average Bonchev–Trinajstić information content (AvgIpc) is 2.58. The van der Waals surface area contributed by atoms with Gasteiger partial charge in [-0.25, -0.2) is 4.39 Å². The first-order valence-corrected chi connectivity index (χ1v) is 7.48. The second-order valence-corrected chi connectivity index (χ2v) is 5.16. The van der Waals surface area contributed by atoms with Crippen LogP contribution in [0.15, 0.2) is 42.5 Å². The van der Waals surface area contributed by atoms with Crippen molar-refractivity contribution in [3.63, 3.8) is 0 Å². The van der Waals surface area contributed by atoms with Gasteiger partial charge in [0.1, 0.15) is 11.6 Å². The Hall–Kier alpha value is -2.89. The van der Waals surface area contributed by atoms with Crippen molar-refractivity contribution in [2.75, 3.05) is 20.2 Å². The Morgan fingerprint density at radius 1 is 1.08 bits per heavy atom. The maximum atomic E-state index is 13.5. The Labute approximate surface area is 139 Å². The molecule has 0 bridgehead atoms. The zero-order valence-corrected chi connectivity index (χ0v) is 13.6. The molecule has 24 heavy (non-hydrogen) atoms. The number of hydrogen-bond acceptors (Lipinski definition) is 3. The average molecular weight is 330 g/mol. The summed E-state index contributed by atoms with van der Waals surface area (Å²) in [5, 5.41) is 5.31. The molecule has 0 fully saturated rings. The molecule has 0 heterocycles. The van der Waals surface area contributed by atoms with Crippen LogP contribution < -0.4 is 15.4 Å². The van der Waals surface area contributed by atoms with Gasteiger partial charge in [-0.2, -0.15) is 0 Å². The monoisotopic (exact) mass is 330 g/mol. The van der Waals surface area contributed by atoms with Gasteiger partial charge in [-0.1, -0.05) is 12.1 Å². The molecule has 2 amide bonds. The fraction of sp³-hybridized carbons (Fsp3) is 0.222. The van der Waals surface area contributed by atoms with Crippen LogP contribution in [0.2, 0.25) is 0 Å². The molecule has 2 aromatic carbocycles. The van der Waals surface area contributed by atoms with Crippen molar-refractivity contribution < 1.29 is 18.7 Å². The van der Waals surface area contributed by atoms with Crippen molar-refractivity contribution in [3.05, 3.63) is 53.8 Å². The molecule has 0 radical (unpaired) electrons. The first-order chi connectivity index (χ1) is 11.5. The van der Waals surface area contributed by atoms with Crippen LogP contribution in [0.4, 0.5) is 4.39 Å². The van der Waals surface area contributed by atoms with Crippen LogP contribution in [0.25, 0.3) is 11.1 Å². The highest BCUT2D eigenvalue weighted by atomic mass is 19.1. The lowest BCUT2D eigenvalue weighted by atomic mass is 10.0. The highest BCUT2D eigenvalue weighted by Gasteiger charge is 2.11. The van der Waals surface area contributed by atoms with Gasteiger partial charge in [0, 0.05) is 31.1 Å². The predicted octanol–water partition coefficient (Wildman–Crippen LogP) is 2.37. The molecule has 2 N–H and O–H groups in total. The summed E-state index contributed by atoms with van der Waals surface area (Å²) in [5.74, 6) is -0.266. The Bertz CT molecular complexity index is 747. The summed E-state index contributed by atoms with van der Waals surface area (Å²) in [6, 6.07) is 11.1. The van der Waals surface area contributed by atoms with E-state index >= 15 is 0 Å². The third-order valence-electron chi connectivity index (χ3n) is 3.38. The molecule has 0 spiro atoms. The molecule has 0 aliphatic carbocycles. The molecule has 0 unspecified atom stereocenters. The molecule has 0 atom stereocenters. The number of nitrogens with one attached hydrogen (secondary N) is 2. The number of amides is 2. The van der Waals surface area contributed by atoms with Crippen LogP contribution in [0.5, 0.6) is 5.75 Å².